The molecule has 3 fully saturated rings. The summed E-state index contributed by atoms with van der Waals surface area (Å²) in [5.41, 5.74) is 0.724. The molecule has 0 radical (unpaired) electrons. The number of ether oxygens (including phenoxy) is 1. The summed E-state index contributed by atoms with van der Waals surface area (Å²) < 4.78 is 5.67. The molecule has 2 saturated heterocycles. The third kappa shape index (κ3) is 4.57. The summed E-state index contributed by atoms with van der Waals surface area (Å²) in [6, 6.07) is 0. The van der Waals surface area contributed by atoms with Gasteiger partial charge in [-0.25, -0.2) is 0 Å². The van der Waals surface area contributed by atoms with Crippen LogP contribution < -0.4 is 5.32 Å². The van der Waals surface area contributed by atoms with Crippen molar-refractivity contribution in [2.45, 2.75) is 59.3 Å². The normalized spacial score (nSPS) is 28.6. The summed E-state index contributed by atoms with van der Waals surface area (Å²) in [5.74, 6) is 1.98. The maximum atomic E-state index is 5.67. The molecular weight excluding hydrogens is 413 g/mol. The molecule has 1 aliphatic carbocycles. The van der Waals surface area contributed by atoms with E-state index in [2.05, 4.69) is 31.0 Å². The first-order valence-electron chi connectivity index (χ1n) is 9.66. The van der Waals surface area contributed by atoms with E-state index in [1.54, 1.807) is 0 Å². The number of halogens is 1. The van der Waals surface area contributed by atoms with Gasteiger partial charge in [0.05, 0.1) is 6.61 Å². The van der Waals surface area contributed by atoms with Crippen LogP contribution in [0.2, 0.25) is 0 Å². The first kappa shape index (κ1) is 20.3. The van der Waals surface area contributed by atoms with E-state index in [0.717, 1.165) is 51.3 Å². The van der Waals surface area contributed by atoms with Gasteiger partial charge in [-0.2, -0.15) is 0 Å². The summed E-state index contributed by atoms with van der Waals surface area (Å²) in [6.45, 7) is 13.0. The van der Waals surface area contributed by atoms with E-state index in [4.69, 9.17) is 9.73 Å². The Hall–Kier alpha value is -0.0400. The SMILES string of the molecule is CCNC(=NCC(C)(C)C1CCCC1)N1CCC2(CCOC2)C1.I. The van der Waals surface area contributed by atoms with Crippen molar-refractivity contribution in [1.29, 1.82) is 0 Å². The van der Waals surface area contributed by atoms with Gasteiger partial charge in [0.2, 0.25) is 0 Å². The van der Waals surface area contributed by atoms with Crippen molar-refractivity contribution in [1.82, 2.24) is 10.2 Å². The number of nitrogens with zero attached hydrogens (tertiary/aromatic N) is 2. The second kappa shape index (κ2) is 8.56. The Balaban J connectivity index is 0.00000208. The minimum absolute atomic E-state index is 0. The number of hydrogen-bond acceptors (Lipinski definition) is 2. The van der Waals surface area contributed by atoms with E-state index in [1.807, 2.05) is 0 Å². The van der Waals surface area contributed by atoms with Gasteiger partial charge in [-0.15, -0.1) is 24.0 Å². The smallest absolute Gasteiger partial charge is 0.193 e. The first-order valence-corrected chi connectivity index (χ1v) is 9.66. The summed E-state index contributed by atoms with van der Waals surface area (Å²) in [6.07, 6.45) is 8.07. The molecule has 4 nitrogen and oxygen atoms in total. The average Bonchev–Trinajstić information content (AvgIpc) is 3.27. The van der Waals surface area contributed by atoms with Gasteiger partial charge >= 0.3 is 0 Å². The van der Waals surface area contributed by atoms with Gasteiger partial charge in [-0.05, 0) is 43.9 Å². The van der Waals surface area contributed by atoms with Gasteiger partial charge in [0.1, 0.15) is 0 Å². The predicted octanol–water partition coefficient (Wildman–Crippen LogP) is 3.90. The molecule has 1 atom stereocenters. The number of guanidine groups is 1. The monoisotopic (exact) mass is 449 g/mol. The van der Waals surface area contributed by atoms with Gasteiger partial charge in [-0.3, -0.25) is 4.99 Å². The largest absolute Gasteiger partial charge is 0.381 e. The molecule has 1 unspecified atom stereocenters. The summed E-state index contributed by atoms with van der Waals surface area (Å²) in [4.78, 5) is 7.53. The molecule has 140 valence electrons. The van der Waals surface area contributed by atoms with Crippen molar-refractivity contribution >= 4 is 29.9 Å². The van der Waals surface area contributed by atoms with E-state index < -0.39 is 0 Å². The van der Waals surface area contributed by atoms with Gasteiger partial charge in [-0.1, -0.05) is 26.7 Å². The van der Waals surface area contributed by atoms with Crippen molar-refractivity contribution in [2.24, 2.45) is 21.7 Å². The molecule has 0 aromatic heterocycles. The van der Waals surface area contributed by atoms with Crippen molar-refractivity contribution < 1.29 is 4.74 Å². The molecule has 1 N–H and O–H groups in total. The van der Waals surface area contributed by atoms with Crippen LogP contribution in [0.3, 0.4) is 0 Å². The zero-order valence-electron chi connectivity index (χ0n) is 15.8. The van der Waals surface area contributed by atoms with Crippen LogP contribution in [-0.2, 0) is 4.74 Å². The fourth-order valence-corrected chi connectivity index (χ4v) is 4.63. The molecule has 3 aliphatic rings. The molecule has 24 heavy (non-hydrogen) atoms. The van der Waals surface area contributed by atoms with Crippen LogP contribution in [0.25, 0.3) is 0 Å². The van der Waals surface area contributed by atoms with E-state index in [0.29, 0.717) is 10.8 Å². The van der Waals surface area contributed by atoms with Crippen molar-refractivity contribution in [2.75, 3.05) is 39.4 Å². The molecule has 2 aliphatic heterocycles. The fraction of sp³-hybridized carbons (Fsp3) is 0.947. The van der Waals surface area contributed by atoms with E-state index >= 15 is 0 Å². The lowest BCUT2D eigenvalue weighted by Crippen LogP contribution is -2.42. The Morgan fingerprint density at radius 3 is 2.67 bits per heavy atom. The number of hydrogen-bond donors (Lipinski definition) is 1. The zero-order chi connectivity index (χ0) is 16.3. The fourth-order valence-electron chi connectivity index (χ4n) is 4.63. The molecule has 2 heterocycles. The third-order valence-electron chi connectivity index (χ3n) is 6.35. The zero-order valence-corrected chi connectivity index (χ0v) is 18.1. The van der Waals surface area contributed by atoms with Gasteiger partial charge < -0.3 is 15.0 Å². The standard InChI is InChI=1S/C19H35N3O.HI/c1-4-20-17(21-13-18(2,3)16-7-5-6-8-16)22-11-9-19(14-22)10-12-23-15-19;/h16H,4-15H2,1-3H3,(H,20,21);1H. The predicted molar refractivity (Wildman–Crippen MR) is 111 cm³/mol. The Bertz CT molecular complexity index is 426. The van der Waals surface area contributed by atoms with Gasteiger partial charge in [0, 0.05) is 38.2 Å². The van der Waals surface area contributed by atoms with Gasteiger partial charge in [0.15, 0.2) is 5.96 Å². The van der Waals surface area contributed by atoms with Crippen LogP contribution in [0.5, 0.6) is 0 Å². The molecule has 0 aromatic rings. The maximum Gasteiger partial charge on any atom is 0.193 e. The van der Waals surface area contributed by atoms with Crippen LogP contribution in [0.4, 0.5) is 0 Å². The minimum atomic E-state index is 0. The topological polar surface area (TPSA) is 36.9 Å². The highest BCUT2D eigenvalue weighted by Gasteiger charge is 2.42. The molecule has 0 amide bonds. The molecule has 1 saturated carbocycles. The van der Waals surface area contributed by atoms with Crippen LogP contribution in [0.15, 0.2) is 4.99 Å². The Kier molecular flexibility index (Phi) is 7.23. The Morgan fingerprint density at radius 1 is 1.29 bits per heavy atom. The third-order valence-corrected chi connectivity index (χ3v) is 6.35. The lowest BCUT2D eigenvalue weighted by Gasteiger charge is -2.31. The van der Waals surface area contributed by atoms with Crippen LogP contribution >= 0.6 is 24.0 Å². The molecule has 0 bridgehead atoms. The number of nitrogens with one attached hydrogen (secondary N) is 1. The molecule has 0 aromatic carbocycles. The number of aliphatic imine (C=N–C) groups is 1. The molecule has 3 rings (SSSR count). The quantitative estimate of drug-likeness (QED) is 0.402. The highest BCUT2D eigenvalue weighted by molar-refractivity contribution is 14.0. The summed E-state index contributed by atoms with van der Waals surface area (Å²) >= 11 is 0. The minimum Gasteiger partial charge on any atom is -0.381 e. The Labute approximate surface area is 165 Å². The van der Waals surface area contributed by atoms with Crippen LogP contribution in [0.1, 0.15) is 59.3 Å². The first-order chi connectivity index (χ1) is 11.0. The summed E-state index contributed by atoms with van der Waals surface area (Å²) in [5, 5.41) is 3.53. The maximum absolute atomic E-state index is 5.67. The second-order valence-electron chi connectivity index (χ2n) is 8.61. The van der Waals surface area contributed by atoms with Crippen LogP contribution in [0, 0.1) is 16.7 Å². The van der Waals surface area contributed by atoms with Crippen molar-refractivity contribution in [3.05, 3.63) is 0 Å². The molecule has 1 spiro atoms. The Morgan fingerprint density at radius 2 is 2.04 bits per heavy atom. The number of rotatable bonds is 4. The number of likely N-dealkylation sites (tertiary alicyclic amines) is 1. The van der Waals surface area contributed by atoms with Crippen molar-refractivity contribution in [3.8, 4) is 0 Å². The second-order valence-corrected chi connectivity index (χ2v) is 8.61. The van der Waals surface area contributed by atoms with Crippen molar-refractivity contribution in [3.63, 3.8) is 0 Å². The molecule has 5 heteroatoms. The lowest BCUT2D eigenvalue weighted by molar-refractivity contribution is 0.156. The van der Waals surface area contributed by atoms with E-state index in [1.165, 1.54) is 38.5 Å². The van der Waals surface area contributed by atoms with Crippen LogP contribution in [-0.4, -0.2) is 50.3 Å². The summed E-state index contributed by atoms with van der Waals surface area (Å²) in [7, 11) is 0. The van der Waals surface area contributed by atoms with Gasteiger partial charge in [0.25, 0.3) is 0 Å². The molecular formula is C19H36IN3O. The van der Waals surface area contributed by atoms with E-state index in [9.17, 15) is 0 Å². The highest BCUT2D eigenvalue weighted by Crippen LogP contribution is 2.40. The lowest BCUT2D eigenvalue weighted by atomic mass is 9.78. The highest BCUT2D eigenvalue weighted by atomic mass is 127. The average molecular weight is 449 g/mol. The van der Waals surface area contributed by atoms with E-state index in [-0.39, 0.29) is 24.0 Å².